The van der Waals surface area contributed by atoms with E-state index in [9.17, 15) is 9.59 Å². The first-order chi connectivity index (χ1) is 9.86. The van der Waals surface area contributed by atoms with Crippen LogP contribution in [0.3, 0.4) is 0 Å². The molecule has 1 N–H and O–H groups in total. The third kappa shape index (κ3) is 3.70. The van der Waals surface area contributed by atoms with Gasteiger partial charge in [-0.25, -0.2) is 4.68 Å². The van der Waals surface area contributed by atoms with Crippen molar-refractivity contribution in [2.24, 2.45) is 0 Å². The fourth-order valence-corrected chi connectivity index (χ4v) is 2.01. The van der Waals surface area contributed by atoms with Gasteiger partial charge in [0.25, 0.3) is 5.56 Å². The molecule has 0 atom stereocenters. The van der Waals surface area contributed by atoms with Crippen LogP contribution in [0.25, 0.3) is 0 Å². The Labute approximate surface area is 127 Å². The SMILES string of the molecule is Cc1ccc(Cl)cc1NC(=O)Cn1nc(C)c(C)cc1=O. The summed E-state index contributed by atoms with van der Waals surface area (Å²) >= 11 is 5.91. The predicted octanol–water partition coefficient (Wildman–Crippen LogP) is 2.46. The number of nitrogens with one attached hydrogen (secondary N) is 1. The highest BCUT2D eigenvalue weighted by Gasteiger charge is 2.09. The van der Waals surface area contributed by atoms with Crippen LogP contribution in [0, 0.1) is 20.8 Å². The highest BCUT2D eigenvalue weighted by molar-refractivity contribution is 6.31. The van der Waals surface area contributed by atoms with Crippen molar-refractivity contribution in [3.8, 4) is 0 Å². The summed E-state index contributed by atoms with van der Waals surface area (Å²) in [4.78, 5) is 23.8. The predicted molar refractivity (Wildman–Crippen MR) is 82.8 cm³/mol. The molecule has 5 nitrogen and oxygen atoms in total. The number of aryl methyl sites for hydroxylation is 3. The average Bonchev–Trinajstić information content (AvgIpc) is 2.40. The summed E-state index contributed by atoms with van der Waals surface area (Å²) in [7, 11) is 0. The summed E-state index contributed by atoms with van der Waals surface area (Å²) in [5, 5.41) is 7.39. The van der Waals surface area contributed by atoms with Gasteiger partial charge in [0.05, 0.1) is 5.69 Å². The molecule has 1 aromatic carbocycles. The van der Waals surface area contributed by atoms with Gasteiger partial charge in [-0.1, -0.05) is 17.7 Å². The number of benzene rings is 1. The zero-order chi connectivity index (χ0) is 15.6. The fraction of sp³-hybridized carbons (Fsp3) is 0.267. The molecule has 0 bridgehead atoms. The Morgan fingerprint density at radius 1 is 1.24 bits per heavy atom. The van der Waals surface area contributed by atoms with E-state index in [-0.39, 0.29) is 18.0 Å². The van der Waals surface area contributed by atoms with E-state index in [4.69, 9.17) is 11.6 Å². The van der Waals surface area contributed by atoms with Gasteiger partial charge >= 0.3 is 0 Å². The molecule has 110 valence electrons. The summed E-state index contributed by atoms with van der Waals surface area (Å²) in [6, 6.07) is 6.71. The number of hydrogen-bond acceptors (Lipinski definition) is 3. The molecule has 0 saturated heterocycles. The summed E-state index contributed by atoms with van der Waals surface area (Å²) in [6.45, 7) is 5.34. The van der Waals surface area contributed by atoms with E-state index >= 15 is 0 Å². The van der Waals surface area contributed by atoms with Crippen LogP contribution < -0.4 is 10.9 Å². The van der Waals surface area contributed by atoms with Gasteiger partial charge in [0.1, 0.15) is 6.54 Å². The Bertz CT molecular complexity index is 753. The Kier molecular flexibility index (Phi) is 4.43. The number of anilines is 1. The molecule has 0 fully saturated rings. The van der Waals surface area contributed by atoms with E-state index in [2.05, 4.69) is 10.4 Å². The third-order valence-electron chi connectivity index (χ3n) is 3.20. The van der Waals surface area contributed by atoms with Gasteiger partial charge in [0, 0.05) is 16.8 Å². The number of rotatable bonds is 3. The summed E-state index contributed by atoms with van der Waals surface area (Å²) in [5.74, 6) is -0.321. The quantitative estimate of drug-likeness (QED) is 0.947. The molecule has 21 heavy (non-hydrogen) atoms. The Hall–Kier alpha value is -2.14. The van der Waals surface area contributed by atoms with E-state index in [1.165, 1.54) is 6.07 Å². The van der Waals surface area contributed by atoms with Crippen molar-refractivity contribution in [2.45, 2.75) is 27.3 Å². The number of hydrogen-bond donors (Lipinski definition) is 1. The standard InChI is InChI=1S/C15H16ClN3O2/c1-9-4-5-12(16)7-13(9)17-14(20)8-19-15(21)6-10(2)11(3)18-19/h4-7H,8H2,1-3H3,(H,17,20). The number of amides is 1. The Balaban J connectivity index is 2.17. The number of aromatic nitrogens is 2. The molecular formula is C15H16ClN3O2. The second-order valence-corrected chi connectivity index (χ2v) is 5.35. The Morgan fingerprint density at radius 2 is 1.95 bits per heavy atom. The van der Waals surface area contributed by atoms with Crippen molar-refractivity contribution < 1.29 is 4.79 Å². The molecule has 0 spiro atoms. The van der Waals surface area contributed by atoms with Gasteiger partial charge in [0.15, 0.2) is 0 Å². The molecule has 0 aliphatic rings. The lowest BCUT2D eigenvalue weighted by molar-refractivity contribution is -0.117. The van der Waals surface area contributed by atoms with Crippen molar-refractivity contribution in [1.29, 1.82) is 0 Å². The second kappa shape index (κ2) is 6.10. The van der Waals surface area contributed by atoms with E-state index in [1.54, 1.807) is 19.1 Å². The zero-order valence-corrected chi connectivity index (χ0v) is 12.9. The maximum Gasteiger partial charge on any atom is 0.267 e. The van der Waals surface area contributed by atoms with Crippen molar-refractivity contribution >= 4 is 23.2 Å². The van der Waals surface area contributed by atoms with E-state index in [0.29, 0.717) is 10.7 Å². The van der Waals surface area contributed by atoms with E-state index < -0.39 is 0 Å². The van der Waals surface area contributed by atoms with Crippen LogP contribution in [0.4, 0.5) is 5.69 Å². The first kappa shape index (κ1) is 15.3. The summed E-state index contributed by atoms with van der Waals surface area (Å²) in [5.41, 5.74) is 2.76. The largest absolute Gasteiger partial charge is 0.324 e. The fourth-order valence-electron chi connectivity index (χ4n) is 1.84. The van der Waals surface area contributed by atoms with Gasteiger partial charge in [-0.2, -0.15) is 5.10 Å². The first-order valence-electron chi connectivity index (χ1n) is 6.48. The van der Waals surface area contributed by atoms with Crippen molar-refractivity contribution in [2.75, 3.05) is 5.32 Å². The van der Waals surface area contributed by atoms with Crippen LogP contribution in [-0.4, -0.2) is 15.7 Å². The van der Waals surface area contributed by atoms with Crippen LogP contribution in [0.1, 0.15) is 16.8 Å². The van der Waals surface area contributed by atoms with E-state index in [1.807, 2.05) is 19.9 Å². The summed E-state index contributed by atoms with van der Waals surface area (Å²) < 4.78 is 1.15. The van der Waals surface area contributed by atoms with Gasteiger partial charge in [-0.15, -0.1) is 0 Å². The van der Waals surface area contributed by atoms with Gasteiger partial charge < -0.3 is 5.32 Å². The Morgan fingerprint density at radius 3 is 2.67 bits per heavy atom. The minimum Gasteiger partial charge on any atom is -0.324 e. The van der Waals surface area contributed by atoms with Gasteiger partial charge in [-0.05, 0) is 44.0 Å². The molecule has 6 heteroatoms. The normalized spacial score (nSPS) is 10.5. The molecule has 1 heterocycles. The van der Waals surface area contributed by atoms with Crippen molar-refractivity contribution in [1.82, 2.24) is 9.78 Å². The summed E-state index contributed by atoms with van der Waals surface area (Å²) in [6.07, 6.45) is 0. The zero-order valence-electron chi connectivity index (χ0n) is 12.1. The van der Waals surface area contributed by atoms with Crippen LogP contribution in [0.15, 0.2) is 29.1 Å². The lowest BCUT2D eigenvalue weighted by atomic mass is 10.2. The minimum absolute atomic E-state index is 0.133. The molecule has 0 aliphatic heterocycles. The molecule has 2 aromatic rings. The lowest BCUT2D eigenvalue weighted by Gasteiger charge is -2.10. The molecule has 0 aliphatic carbocycles. The number of nitrogens with zero attached hydrogens (tertiary/aromatic N) is 2. The van der Waals surface area contributed by atoms with Crippen LogP contribution >= 0.6 is 11.6 Å². The first-order valence-corrected chi connectivity index (χ1v) is 6.86. The molecular weight excluding hydrogens is 290 g/mol. The van der Waals surface area contributed by atoms with Crippen LogP contribution in [-0.2, 0) is 11.3 Å². The van der Waals surface area contributed by atoms with Crippen molar-refractivity contribution in [3.63, 3.8) is 0 Å². The maximum absolute atomic E-state index is 12.0. The molecule has 0 radical (unpaired) electrons. The van der Waals surface area contributed by atoms with E-state index in [0.717, 1.165) is 21.5 Å². The average molecular weight is 306 g/mol. The molecule has 2 rings (SSSR count). The molecule has 1 aromatic heterocycles. The van der Waals surface area contributed by atoms with Crippen molar-refractivity contribution in [3.05, 3.63) is 56.5 Å². The number of carbonyl (C=O) groups excluding carboxylic acids is 1. The maximum atomic E-state index is 12.0. The minimum atomic E-state index is -0.321. The molecule has 1 amide bonds. The number of carbonyl (C=O) groups is 1. The topological polar surface area (TPSA) is 64.0 Å². The monoisotopic (exact) mass is 305 g/mol. The third-order valence-corrected chi connectivity index (χ3v) is 3.44. The molecule has 0 unspecified atom stereocenters. The number of halogens is 1. The van der Waals surface area contributed by atoms with Gasteiger partial charge in [-0.3, -0.25) is 9.59 Å². The second-order valence-electron chi connectivity index (χ2n) is 4.92. The lowest BCUT2D eigenvalue weighted by Crippen LogP contribution is -2.30. The molecule has 0 saturated carbocycles. The smallest absolute Gasteiger partial charge is 0.267 e. The van der Waals surface area contributed by atoms with Crippen LogP contribution in [0.5, 0.6) is 0 Å². The highest BCUT2D eigenvalue weighted by atomic mass is 35.5. The highest BCUT2D eigenvalue weighted by Crippen LogP contribution is 2.20. The van der Waals surface area contributed by atoms with Gasteiger partial charge in [0.2, 0.25) is 5.91 Å². The van der Waals surface area contributed by atoms with Crippen LogP contribution in [0.2, 0.25) is 5.02 Å².